The Hall–Kier alpha value is -1.26. The molecule has 1 fully saturated rings. The summed E-state index contributed by atoms with van der Waals surface area (Å²) in [7, 11) is 0. The summed E-state index contributed by atoms with van der Waals surface area (Å²) in [5.41, 5.74) is -0.698. The molecule has 2 rings (SSSR count). The van der Waals surface area contributed by atoms with Gasteiger partial charge in [-0.2, -0.15) is 0 Å². The van der Waals surface area contributed by atoms with Crippen LogP contribution in [-0.2, 0) is 0 Å². The molecular weight excluding hydrogens is 258 g/mol. The maximum Gasteiger partial charge on any atom is 0.185 e. The van der Waals surface area contributed by atoms with E-state index in [0.717, 1.165) is 25.7 Å². The largest absolute Gasteiger partial charge is 0.380 e. The molecule has 0 aliphatic heterocycles. The molecule has 1 aliphatic rings. The topological polar surface area (TPSA) is 12.0 Å². The van der Waals surface area contributed by atoms with Crippen LogP contribution in [-0.4, -0.2) is 6.54 Å². The van der Waals surface area contributed by atoms with Crippen molar-refractivity contribution in [1.29, 1.82) is 0 Å². The molecule has 106 valence electrons. The molecule has 19 heavy (non-hydrogen) atoms. The van der Waals surface area contributed by atoms with E-state index in [1.807, 2.05) is 0 Å². The van der Waals surface area contributed by atoms with Gasteiger partial charge in [-0.25, -0.2) is 17.6 Å². The van der Waals surface area contributed by atoms with Gasteiger partial charge in [-0.05, 0) is 24.7 Å². The van der Waals surface area contributed by atoms with Gasteiger partial charge in [0.25, 0.3) is 0 Å². The minimum absolute atomic E-state index is 0.221. The molecule has 0 aromatic heterocycles. The second-order valence-corrected chi connectivity index (χ2v) is 5.36. The highest BCUT2D eigenvalue weighted by Gasteiger charge is 2.22. The van der Waals surface area contributed by atoms with Crippen LogP contribution in [0.15, 0.2) is 6.07 Å². The SMILES string of the molecule is CC1CCCC(CNc2c(F)c(F)cc(F)c2F)C1. The average molecular weight is 275 g/mol. The Morgan fingerprint density at radius 2 is 1.74 bits per heavy atom. The first-order chi connectivity index (χ1) is 8.99. The first-order valence-corrected chi connectivity index (χ1v) is 6.56. The first kappa shape index (κ1) is 14.2. The fourth-order valence-corrected chi connectivity index (χ4v) is 2.72. The van der Waals surface area contributed by atoms with E-state index in [1.54, 1.807) is 0 Å². The number of hydrogen-bond acceptors (Lipinski definition) is 1. The standard InChI is InChI=1S/C14H17F4N/c1-8-3-2-4-9(5-8)7-19-14-12(17)10(15)6-11(16)13(14)18/h6,8-9,19H,2-5,7H2,1H3. The summed E-state index contributed by atoms with van der Waals surface area (Å²) in [6.07, 6.45) is 4.18. The van der Waals surface area contributed by atoms with E-state index >= 15 is 0 Å². The van der Waals surface area contributed by atoms with Crippen molar-refractivity contribution >= 4 is 5.69 Å². The van der Waals surface area contributed by atoms with E-state index in [9.17, 15) is 17.6 Å². The Morgan fingerprint density at radius 1 is 1.11 bits per heavy atom. The summed E-state index contributed by atoms with van der Waals surface area (Å²) in [5.74, 6) is -4.60. The minimum atomic E-state index is -1.38. The van der Waals surface area contributed by atoms with E-state index < -0.39 is 29.0 Å². The third-order valence-electron chi connectivity index (χ3n) is 3.72. The van der Waals surface area contributed by atoms with Gasteiger partial charge in [-0.15, -0.1) is 0 Å². The van der Waals surface area contributed by atoms with Crippen molar-refractivity contribution in [2.45, 2.75) is 32.6 Å². The quantitative estimate of drug-likeness (QED) is 0.633. The van der Waals surface area contributed by atoms with Gasteiger partial charge >= 0.3 is 0 Å². The van der Waals surface area contributed by atoms with E-state index in [0.29, 0.717) is 12.5 Å². The number of nitrogens with one attached hydrogen (secondary N) is 1. The van der Waals surface area contributed by atoms with Crippen LogP contribution in [0.25, 0.3) is 0 Å². The highest BCUT2D eigenvalue weighted by Crippen LogP contribution is 2.30. The average Bonchev–Trinajstić information content (AvgIpc) is 2.36. The zero-order valence-electron chi connectivity index (χ0n) is 10.8. The molecule has 0 radical (unpaired) electrons. The summed E-state index contributed by atoms with van der Waals surface area (Å²) in [5, 5.41) is 2.52. The van der Waals surface area contributed by atoms with Crippen LogP contribution < -0.4 is 5.32 Å². The van der Waals surface area contributed by atoms with Crippen molar-refractivity contribution in [3.63, 3.8) is 0 Å². The lowest BCUT2D eigenvalue weighted by atomic mass is 9.82. The lowest BCUT2D eigenvalue weighted by Gasteiger charge is -2.27. The van der Waals surface area contributed by atoms with Crippen molar-refractivity contribution in [1.82, 2.24) is 0 Å². The number of halogens is 4. The van der Waals surface area contributed by atoms with Gasteiger partial charge in [0.05, 0.1) is 0 Å². The molecule has 0 heterocycles. The molecule has 2 unspecified atom stereocenters. The van der Waals surface area contributed by atoms with Crippen molar-refractivity contribution in [2.24, 2.45) is 11.8 Å². The molecule has 1 aliphatic carbocycles. The monoisotopic (exact) mass is 275 g/mol. The maximum absolute atomic E-state index is 13.4. The molecule has 5 heteroatoms. The molecule has 2 atom stereocenters. The number of anilines is 1. The van der Waals surface area contributed by atoms with Crippen molar-refractivity contribution in [3.05, 3.63) is 29.3 Å². The first-order valence-electron chi connectivity index (χ1n) is 6.56. The van der Waals surface area contributed by atoms with Gasteiger partial charge in [0.2, 0.25) is 0 Å². The van der Waals surface area contributed by atoms with Crippen molar-refractivity contribution < 1.29 is 17.6 Å². The molecule has 0 amide bonds. The van der Waals surface area contributed by atoms with Crippen LogP contribution in [0.1, 0.15) is 32.6 Å². The minimum Gasteiger partial charge on any atom is -0.380 e. The molecule has 0 spiro atoms. The number of hydrogen-bond donors (Lipinski definition) is 1. The van der Waals surface area contributed by atoms with E-state index in [2.05, 4.69) is 12.2 Å². The number of benzene rings is 1. The Morgan fingerprint density at radius 3 is 2.32 bits per heavy atom. The van der Waals surface area contributed by atoms with Gasteiger partial charge in [-0.3, -0.25) is 0 Å². The van der Waals surface area contributed by atoms with Crippen molar-refractivity contribution in [3.8, 4) is 0 Å². The summed E-state index contributed by atoms with van der Waals surface area (Å²) >= 11 is 0. The molecule has 0 bridgehead atoms. The predicted octanol–water partition coefficient (Wildman–Crippen LogP) is 4.48. The van der Waals surface area contributed by atoms with Crippen LogP contribution in [0.2, 0.25) is 0 Å². The Kier molecular flexibility index (Phi) is 4.32. The summed E-state index contributed by atoms with van der Waals surface area (Å²) in [4.78, 5) is 0. The van der Waals surface area contributed by atoms with Crippen LogP contribution in [0.5, 0.6) is 0 Å². The van der Waals surface area contributed by atoms with Crippen LogP contribution >= 0.6 is 0 Å². The number of rotatable bonds is 3. The maximum atomic E-state index is 13.4. The van der Waals surface area contributed by atoms with Gasteiger partial charge in [0.1, 0.15) is 5.69 Å². The van der Waals surface area contributed by atoms with E-state index in [1.165, 1.54) is 0 Å². The summed E-state index contributed by atoms with van der Waals surface area (Å²) < 4.78 is 52.9. The highest BCUT2D eigenvalue weighted by molar-refractivity contribution is 5.47. The third-order valence-corrected chi connectivity index (χ3v) is 3.72. The molecule has 1 aromatic carbocycles. The smallest absolute Gasteiger partial charge is 0.185 e. The highest BCUT2D eigenvalue weighted by atomic mass is 19.2. The van der Waals surface area contributed by atoms with Crippen LogP contribution in [0.4, 0.5) is 23.2 Å². The van der Waals surface area contributed by atoms with Gasteiger partial charge in [0, 0.05) is 12.6 Å². The Labute approximate surface area is 110 Å². The Balaban J connectivity index is 2.07. The molecular formula is C14H17F4N. The van der Waals surface area contributed by atoms with Gasteiger partial charge in [-0.1, -0.05) is 19.8 Å². The fourth-order valence-electron chi connectivity index (χ4n) is 2.72. The molecule has 1 N–H and O–H groups in total. The van der Waals surface area contributed by atoms with Gasteiger partial charge < -0.3 is 5.32 Å². The Bertz CT molecular complexity index is 435. The lowest BCUT2D eigenvalue weighted by Crippen LogP contribution is -2.22. The zero-order valence-corrected chi connectivity index (χ0v) is 10.8. The molecule has 0 saturated heterocycles. The van der Waals surface area contributed by atoms with E-state index in [-0.39, 0.29) is 12.0 Å². The zero-order chi connectivity index (χ0) is 14.0. The molecule has 1 aromatic rings. The van der Waals surface area contributed by atoms with E-state index in [4.69, 9.17) is 0 Å². The second-order valence-electron chi connectivity index (χ2n) is 5.36. The fraction of sp³-hybridized carbons (Fsp3) is 0.571. The predicted molar refractivity (Wildman–Crippen MR) is 65.9 cm³/mol. The molecule has 1 saturated carbocycles. The van der Waals surface area contributed by atoms with Crippen molar-refractivity contribution in [2.75, 3.05) is 11.9 Å². The summed E-state index contributed by atoms with van der Waals surface area (Å²) in [6, 6.07) is 0.221. The lowest BCUT2D eigenvalue weighted by molar-refractivity contribution is 0.293. The third kappa shape index (κ3) is 3.19. The molecule has 1 nitrogen and oxygen atoms in total. The van der Waals surface area contributed by atoms with Gasteiger partial charge in [0.15, 0.2) is 23.3 Å². The van der Waals surface area contributed by atoms with Crippen LogP contribution in [0, 0.1) is 35.1 Å². The second kappa shape index (κ2) is 5.80. The van der Waals surface area contributed by atoms with Crippen LogP contribution in [0.3, 0.4) is 0 Å². The normalized spacial score (nSPS) is 23.4. The summed E-state index contributed by atoms with van der Waals surface area (Å²) in [6.45, 7) is 2.47.